The highest BCUT2D eigenvalue weighted by Crippen LogP contribution is 2.19. The third-order valence-corrected chi connectivity index (χ3v) is 2.61. The summed E-state index contributed by atoms with van der Waals surface area (Å²) in [6.45, 7) is 0. The fourth-order valence-electron chi connectivity index (χ4n) is 1.24. The van der Waals surface area contributed by atoms with Crippen LogP contribution in [0.2, 0.25) is 0 Å². The van der Waals surface area contributed by atoms with Gasteiger partial charge >= 0.3 is 0 Å². The first-order valence-corrected chi connectivity index (χ1v) is 5.08. The smallest absolute Gasteiger partial charge is 0.169 e. The molecular weight excluding hydrogens is 184 g/mol. The maximum Gasteiger partial charge on any atom is 0.169 e. The minimum absolute atomic E-state index is 0.531. The molecule has 4 nitrogen and oxygen atoms in total. The van der Waals surface area contributed by atoms with E-state index in [0.717, 1.165) is 16.3 Å². The van der Waals surface area contributed by atoms with Gasteiger partial charge in [-0.2, -0.15) is 0 Å². The Morgan fingerprint density at radius 2 is 2.15 bits per heavy atom. The van der Waals surface area contributed by atoms with Crippen molar-refractivity contribution in [3.05, 3.63) is 12.1 Å². The zero-order valence-corrected chi connectivity index (χ0v) is 8.30. The maximum atomic E-state index is 5.58. The molecule has 2 N–H and O–H groups in total. The van der Waals surface area contributed by atoms with Gasteiger partial charge < -0.3 is 10.3 Å². The van der Waals surface area contributed by atoms with Crippen LogP contribution in [0.4, 0.5) is 5.82 Å². The van der Waals surface area contributed by atoms with E-state index in [9.17, 15) is 0 Å². The molecule has 2 aromatic heterocycles. The average Bonchev–Trinajstić information content (AvgIpc) is 2.44. The lowest BCUT2D eigenvalue weighted by Gasteiger charge is -1.96. The van der Waals surface area contributed by atoms with E-state index in [2.05, 4.69) is 9.97 Å². The second-order valence-electron chi connectivity index (χ2n) is 2.74. The molecule has 0 bridgehead atoms. The fraction of sp³-hybridized carbons (Fsp3) is 0.250. The van der Waals surface area contributed by atoms with Gasteiger partial charge in [-0.1, -0.05) is 11.8 Å². The van der Waals surface area contributed by atoms with Gasteiger partial charge in [0, 0.05) is 7.05 Å². The van der Waals surface area contributed by atoms with Crippen molar-refractivity contribution in [2.24, 2.45) is 7.05 Å². The molecule has 0 amide bonds. The number of aryl methyl sites for hydroxylation is 1. The number of rotatable bonds is 1. The zero-order chi connectivity index (χ0) is 9.42. The van der Waals surface area contributed by atoms with E-state index in [1.807, 2.05) is 23.9 Å². The number of fused-ring (bicyclic) bond motifs is 1. The van der Waals surface area contributed by atoms with Gasteiger partial charge in [0.1, 0.15) is 11.3 Å². The lowest BCUT2D eigenvalue weighted by Crippen LogP contribution is -1.94. The molecule has 2 rings (SSSR count). The van der Waals surface area contributed by atoms with Crippen molar-refractivity contribution in [3.63, 3.8) is 0 Å². The van der Waals surface area contributed by atoms with E-state index >= 15 is 0 Å². The Morgan fingerprint density at radius 1 is 1.38 bits per heavy atom. The Labute approximate surface area is 80.2 Å². The molecule has 0 aromatic carbocycles. The van der Waals surface area contributed by atoms with Gasteiger partial charge in [0.05, 0.1) is 0 Å². The number of aromatic nitrogens is 3. The summed E-state index contributed by atoms with van der Waals surface area (Å²) in [5.74, 6) is 0.531. The van der Waals surface area contributed by atoms with E-state index in [1.54, 1.807) is 17.8 Å². The molecule has 2 aromatic rings. The maximum absolute atomic E-state index is 5.58. The summed E-state index contributed by atoms with van der Waals surface area (Å²) in [5.41, 5.74) is 7.31. The molecule has 2 heterocycles. The molecule has 0 aliphatic carbocycles. The number of nitrogen functional groups attached to an aromatic ring is 1. The van der Waals surface area contributed by atoms with Gasteiger partial charge in [-0.25, -0.2) is 9.97 Å². The number of nitrogens with zero attached hydrogens (tertiary/aromatic N) is 3. The van der Waals surface area contributed by atoms with Gasteiger partial charge in [0.25, 0.3) is 0 Å². The van der Waals surface area contributed by atoms with Crippen LogP contribution >= 0.6 is 11.8 Å². The number of hydrogen-bond donors (Lipinski definition) is 1. The van der Waals surface area contributed by atoms with E-state index < -0.39 is 0 Å². The number of anilines is 1. The second-order valence-corrected chi connectivity index (χ2v) is 3.51. The molecule has 0 spiro atoms. The monoisotopic (exact) mass is 194 g/mol. The van der Waals surface area contributed by atoms with E-state index in [0.29, 0.717) is 5.82 Å². The van der Waals surface area contributed by atoms with Crippen molar-refractivity contribution >= 4 is 28.7 Å². The first kappa shape index (κ1) is 8.37. The lowest BCUT2D eigenvalue weighted by molar-refractivity contribution is 0.808. The van der Waals surface area contributed by atoms with Crippen LogP contribution in [0, 0.1) is 0 Å². The van der Waals surface area contributed by atoms with Crippen LogP contribution in [0.25, 0.3) is 11.2 Å². The standard InChI is InChI=1S/C8H10N4S/c1-12-7-5(10-8(12)13-2)3-4-6(9)11-7/h3-4H,1-2H3,(H2,9,11). The van der Waals surface area contributed by atoms with Crippen LogP contribution in [0.5, 0.6) is 0 Å². The molecular formula is C8H10N4S. The second kappa shape index (κ2) is 2.92. The topological polar surface area (TPSA) is 56.7 Å². The minimum atomic E-state index is 0.531. The van der Waals surface area contributed by atoms with Crippen LogP contribution in [-0.4, -0.2) is 20.8 Å². The van der Waals surface area contributed by atoms with Gasteiger partial charge in [0.2, 0.25) is 0 Å². The molecule has 0 aliphatic rings. The highest BCUT2D eigenvalue weighted by atomic mass is 32.2. The predicted molar refractivity (Wildman–Crippen MR) is 54.7 cm³/mol. The quantitative estimate of drug-likeness (QED) is 0.695. The summed E-state index contributed by atoms with van der Waals surface area (Å²) in [7, 11) is 1.94. The molecule has 68 valence electrons. The fourth-order valence-corrected chi connectivity index (χ4v) is 1.79. The molecule has 0 aliphatic heterocycles. The largest absolute Gasteiger partial charge is 0.384 e. The van der Waals surface area contributed by atoms with Crippen molar-refractivity contribution in [3.8, 4) is 0 Å². The van der Waals surface area contributed by atoms with Crippen LogP contribution in [0.3, 0.4) is 0 Å². The molecule has 0 unspecified atom stereocenters. The molecule has 0 atom stereocenters. The number of thioether (sulfide) groups is 1. The number of pyridine rings is 1. The Bertz CT molecular complexity index is 449. The number of nitrogens with two attached hydrogens (primary N) is 1. The SMILES string of the molecule is CSc1nc2ccc(N)nc2n1C. The van der Waals surface area contributed by atoms with Crippen LogP contribution < -0.4 is 5.73 Å². The van der Waals surface area contributed by atoms with E-state index in [4.69, 9.17) is 5.73 Å². The Morgan fingerprint density at radius 3 is 2.85 bits per heavy atom. The molecule has 0 saturated heterocycles. The molecule has 5 heteroatoms. The number of imidazole rings is 1. The lowest BCUT2D eigenvalue weighted by atomic mass is 10.4. The molecule has 0 saturated carbocycles. The van der Waals surface area contributed by atoms with Crippen molar-refractivity contribution in [2.75, 3.05) is 12.0 Å². The molecule has 0 fully saturated rings. The normalized spacial score (nSPS) is 10.9. The van der Waals surface area contributed by atoms with Crippen molar-refractivity contribution in [1.29, 1.82) is 0 Å². The zero-order valence-electron chi connectivity index (χ0n) is 7.48. The Balaban J connectivity index is 2.77. The minimum Gasteiger partial charge on any atom is -0.384 e. The summed E-state index contributed by atoms with van der Waals surface area (Å²) >= 11 is 1.60. The Kier molecular flexibility index (Phi) is 1.88. The molecule has 13 heavy (non-hydrogen) atoms. The highest BCUT2D eigenvalue weighted by Gasteiger charge is 2.07. The number of hydrogen-bond acceptors (Lipinski definition) is 4. The predicted octanol–water partition coefficient (Wildman–Crippen LogP) is 1.27. The van der Waals surface area contributed by atoms with Gasteiger partial charge in [-0.15, -0.1) is 0 Å². The van der Waals surface area contributed by atoms with Crippen LogP contribution in [0.1, 0.15) is 0 Å². The third-order valence-electron chi connectivity index (χ3n) is 1.88. The highest BCUT2D eigenvalue weighted by molar-refractivity contribution is 7.98. The van der Waals surface area contributed by atoms with Gasteiger partial charge in [-0.3, -0.25) is 0 Å². The third kappa shape index (κ3) is 1.25. The summed E-state index contributed by atoms with van der Waals surface area (Å²) in [5, 5.41) is 0.952. The Hall–Kier alpha value is -1.23. The van der Waals surface area contributed by atoms with Crippen molar-refractivity contribution < 1.29 is 0 Å². The first-order chi connectivity index (χ1) is 6.22. The van der Waals surface area contributed by atoms with Crippen molar-refractivity contribution in [1.82, 2.24) is 14.5 Å². The summed E-state index contributed by atoms with van der Waals surface area (Å²) in [4.78, 5) is 8.59. The summed E-state index contributed by atoms with van der Waals surface area (Å²) < 4.78 is 1.94. The van der Waals surface area contributed by atoms with Crippen molar-refractivity contribution in [2.45, 2.75) is 5.16 Å². The van der Waals surface area contributed by atoms with Crippen LogP contribution in [-0.2, 0) is 7.05 Å². The van der Waals surface area contributed by atoms with Gasteiger partial charge in [-0.05, 0) is 18.4 Å². The van der Waals surface area contributed by atoms with E-state index in [-0.39, 0.29) is 0 Å². The summed E-state index contributed by atoms with van der Waals surface area (Å²) in [6.07, 6.45) is 1.99. The van der Waals surface area contributed by atoms with Crippen LogP contribution in [0.15, 0.2) is 17.3 Å². The average molecular weight is 194 g/mol. The molecule has 0 radical (unpaired) electrons. The van der Waals surface area contributed by atoms with Gasteiger partial charge in [0.15, 0.2) is 10.8 Å². The first-order valence-electron chi connectivity index (χ1n) is 3.85. The summed E-state index contributed by atoms with van der Waals surface area (Å²) in [6, 6.07) is 3.65. The van der Waals surface area contributed by atoms with E-state index in [1.165, 1.54) is 0 Å².